The first-order valence-corrected chi connectivity index (χ1v) is 8.69. The van der Waals surface area contributed by atoms with E-state index in [0.29, 0.717) is 16.7 Å². The summed E-state index contributed by atoms with van der Waals surface area (Å²) in [5, 5.41) is 0. The number of hydrogen-bond acceptors (Lipinski definition) is 3. The van der Waals surface area contributed by atoms with Crippen molar-refractivity contribution in [2.45, 2.75) is 24.0 Å². The second kappa shape index (κ2) is 5.33. The van der Waals surface area contributed by atoms with Crippen LogP contribution in [-0.4, -0.2) is 25.8 Å². The summed E-state index contributed by atoms with van der Waals surface area (Å²) in [7, 11) is -3.44. The molecule has 0 N–H and O–H groups in total. The summed E-state index contributed by atoms with van der Waals surface area (Å²) in [6, 6.07) is 1.69. The van der Waals surface area contributed by atoms with Gasteiger partial charge in [0.2, 0.25) is 0 Å². The highest BCUT2D eigenvalue weighted by Gasteiger charge is 2.32. The van der Waals surface area contributed by atoms with Crippen LogP contribution >= 0.6 is 27.3 Å². The maximum Gasteiger partial charge on any atom is 0.253 e. The Morgan fingerprint density at radius 3 is 2.72 bits per heavy atom. The number of hydrogen-bond donors (Lipinski definition) is 0. The van der Waals surface area contributed by atoms with Gasteiger partial charge < -0.3 is 0 Å². The fraction of sp³-hybridized carbons (Fsp3) is 0.500. The molecule has 3 nitrogen and oxygen atoms in total. The van der Waals surface area contributed by atoms with E-state index >= 15 is 0 Å². The van der Waals surface area contributed by atoms with Gasteiger partial charge in [-0.2, -0.15) is 4.31 Å². The first kappa shape index (κ1) is 14.1. The highest BCUT2D eigenvalue weighted by atomic mass is 79.9. The summed E-state index contributed by atoms with van der Waals surface area (Å²) in [5.41, 5.74) is 0.936. The Bertz CT molecular complexity index is 562. The number of halogens is 1. The molecular weight excluding hydrogens is 334 g/mol. The van der Waals surface area contributed by atoms with Crippen LogP contribution in [0.15, 0.2) is 14.1 Å². The summed E-state index contributed by atoms with van der Waals surface area (Å²) in [4.78, 5) is 0. The van der Waals surface area contributed by atoms with Gasteiger partial charge in [-0.05, 0) is 53.2 Å². The van der Waals surface area contributed by atoms with Gasteiger partial charge in [-0.15, -0.1) is 17.8 Å². The van der Waals surface area contributed by atoms with Gasteiger partial charge in [0.1, 0.15) is 4.21 Å². The molecule has 1 aromatic heterocycles. The van der Waals surface area contributed by atoms with E-state index in [4.69, 9.17) is 6.42 Å². The van der Waals surface area contributed by atoms with E-state index in [1.165, 1.54) is 15.6 Å². The molecule has 1 heterocycles. The van der Waals surface area contributed by atoms with Crippen LogP contribution in [0.1, 0.15) is 18.4 Å². The third-order valence-corrected chi connectivity index (χ3v) is 7.25. The standard InChI is InChI=1S/C12H14BrNO2S2/c1-3-6-14(8-10-4-5-10)18(15,16)11-7-9(2)12(13)17-11/h1,7,10H,4-6,8H2,2H3. The summed E-state index contributed by atoms with van der Waals surface area (Å²) >= 11 is 4.60. The first-order chi connectivity index (χ1) is 8.45. The molecule has 1 saturated carbocycles. The number of aryl methyl sites for hydroxylation is 1. The molecule has 0 saturated heterocycles. The normalized spacial score (nSPS) is 15.9. The largest absolute Gasteiger partial charge is 0.253 e. The van der Waals surface area contributed by atoms with Crippen molar-refractivity contribution in [2.24, 2.45) is 5.92 Å². The van der Waals surface area contributed by atoms with E-state index < -0.39 is 10.0 Å². The number of terminal acetylenes is 1. The molecular formula is C12H14BrNO2S2. The number of nitrogens with zero attached hydrogens (tertiary/aromatic N) is 1. The minimum absolute atomic E-state index is 0.146. The fourth-order valence-electron chi connectivity index (χ4n) is 1.62. The van der Waals surface area contributed by atoms with E-state index in [-0.39, 0.29) is 6.54 Å². The van der Waals surface area contributed by atoms with Crippen LogP contribution in [0.25, 0.3) is 0 Å². The SMILES string of the molecule is C#CCN(CC1CC1)S(=O)(=O)c1cc(C)c(Br)s1. The van der Waals surface area contributed by atoms with Gasteiger partial charge in [-0.1, -0.05) is 5.92 Å². The molecule has 0 unspecified atom stereocenters. The minimum Gasteiger partial charge on any atom is -0.206 e. The van der Waals surface area contributed by atoms with Crippen molar-refractivity contribution in [2.75, 3.05) is 13.1 Å². The van der Waals surface area contributed by atoms with E-state index in [1.54, 1.807) is 6.07 Å². The zero-order valence-electron chi connectivity index (χ0n) is 10.0. The molecule has 1 aliphatic rings. The molecule has 0 bridgehead atoms. The van der Waals surface area contributed by atoms with Gasteiger partial charge >= 0.3 is 0 Å². The third kappa shape index (κ3) is 2.97. The average molecular weight is 348 g/mol. The van der Waals surface area contributed by atoms with Crippen molar-refractivity contribution >= 4 is 37.3 Å². The van der Waals surface area contributed by atoms with Crippen molar-refractivity contribution < 1.29 is 8.42 Å². The topological polar surface area (TPSA) is 37.4 Å². The lowest BCUT2D eigenvalue weighted by Gasteiger charge is -2.18. The first-order valence-electron chi connectivity index (χ1n) is 5.64. The van der Waals surface area contributed by atoms with Crippen molar-refractivity contribution in [3.63, 3.8) is 0 Å². The minimum atomic E-state index is -3.44. The van der Waals surface area contributed by atoms with Crippen LogP contribution in [0.4, 0.5) is 0 Å². The van der Waals surface area contributed by atoms with E-state index in [9.17, 15) is 8.42 Å². The Morgan fingerprint density at radius 2 is 2.28 bits per heavy atom. The molecule has 0 amide bonds. The molecule has 6 heteroatoms. The zero-order valence-corrected chi connectivity index (χ0v) is 13.2. The maximum absolute atomic E-state index is 12.5. The molecule has 0 spiro atoms. The lowest BCUT2D eigenvalue weighted by Crippen LogP contribution is -2.32. The van der Waals surface area contributed by atoms with Crippen LogP contribution in [0, 0.1) is 25.2 Å². The van der Waals surface area contributed by atoms with Gasteiger partial charge in [0.15, 0.2) is 0 Å². The third-order valence-electron chi connectivity index (χ3n) is 2.86. The van der Waals surface area contributed by atoms with Gasteiger partial charge in [-0.25, -0.2) is 8.42 Å². The van der Waals surface area contributed by atoms with Crippen LogP contribution in [0.2, 0.25) is 0 Å². The lowest BCUT2D eigenvalue weighted by molar-refractivity contribution is 0.431. The molecule has 18 heavy (non-hydrogen) atoms. The van der Waals surface area contributed by atoms with E-state index in [2.05, 4.69) is 21.9 Å². The Kier molecular flexibility index (Phi) is 4.17. The van der Waals surface area contributed by atoms with Crippen molar-refractivity contribution in [3.8, 4) is 12.3 Å². The van der Waals surface area contributed by atoms with Crippen LogP contribution in [0.5, 0.6) is 0 Å². The van der Waals surface area contributed by atoms with E-state index in [0.717, 1.165) is 22.2 Å². The van der Waals surface area contributed by atoms with Gasteiger partial charge in [0, 0.05) is 6.54 Å². The van der Waals surface area contributed by atoms with Crippen molar-refractivity contribution in [3.05, 3.63) is 15.4 Å². The predicted molar refractivity (Wildman–Crippen MR) is 77.1 cm³/mol. The fourth-order valence-corrected chi connectivity index (χ4v) is 5.43. The molecule has 98 valence electrons. The number of thiophene rings is 1. The molecule has 0 radical (unpaired) electrons. The Balaban J connectivity index is 2.28. The predicted octanol–water partition coefficient (Wildman–Crippen LogP) is 2.85. The van der Waals surface area contributed by atoms with Crippen LogP contribution in [-0.2, 0) is 10.0 Å². The van der Waals surface area contributed by atoms with E-state index in [1.807, 2.05) is 6.92 Å². The summed E-state index contributed by atoms with van der Waals surface area (Å²) < 4.78 is 27.6. The lowest BCUT2D eigenvalue weighted by atomic mass is 10.4. The molecule has 0 aliphatic heterocycles. The van der Waals surface area contributed by atoms with Crippen molar-refractivity contribution in [1.82, 2.24) is 4.31 Å². The highest BCUT2D eigenvalue weighted by molar-refractivity contribution is 9.11. The number of rotatable bonds is 5. The van der Waals surface area contributed by atoms with Gasteiger partial charge in [0.25, 0.3) is 10.0 Å². The maximum atomic E-state index is 12.5. The molecule has 0 aromatic carbocycles. The Hall–Kier alpha value is -0.350. The quantitative estimate of drug-likeness (QED) is 0.768. The van der Waals surface area contributed by atoms with Gasteiger partial charge in [0.05, 0.1) is 10.3 Å². The second-order valence-corrected chi connectivity index (χ2v) is 9.00. The summed E-state index contributed by atoms with van der Waals surface area (Å²) in [6.07, 6.45) is 7.48. The smallest absolute Gasteiger partial charge is 0.206 e. The van der Waals surface area contributed by atoms with Gasteiger partial charge in [-0.3, -0.25) is 0 Å². The summed E-state index contributed by atoms with van der Waals surface area (Å²) in [6.45, 7) is 2.57. The summed E-state index contributed by atoms with van der Waals surface area (Å²) in [5.74, 6) is 2.92. The molecule has 1 aliphatic carbocycles. The number of sulfonamides is 1. The highest BCUT2D eigenvalue weighted by Crippen LogP contribution is 2.35. The monoisotopic (exact) mass is 347 g/mol. The van der Waals surface area contributed by atoms with Crippen molar-refractivity contribution in [1.29, 1.82) is 0 Å². The second-order valence-electron chi connectivity index (χ2n) is 4.47. The van der Waals surface area contributed by atoms with Crippen LogP contribution in [0.3, 0.4) is 0 Å². The molecule has 1 aromatic rings. The zero-order chi connectivity index (χ0) is 13.3. The Morgan fingerprint density at radius 1 is 1.61 bits per heavy atom. The average Bonchev–Trinajstić information content (AvgIpc) is 3.05. The molecule has 2 rings (SSSR count). The van der Waals surface area contributed by atoms with Crippen LogP contribution < -0.4 is 0 Å². The molecule has 0 atom stereocenters. The molecule has 1 fully saturated rings. The Labute approximate surface area is 120 Å².